The second kappa shape index (κ2) is 9.00. The number of hydrogen-bond acceptors (Lipinski definition) is 4. The van der Waals surface area contributed by atoms with Gasteiger partial charge in [0.2, 0.25) is 0 Å². The summed E-state index contributed by atoms with van der Waals surface area (Å²) < 4.78 is 18.1. The molecule has 136 valence electrons. The number of carbonyl (C=O) groups is 2. The smallest absolute Gasteiger partial charge is 0.338 e. The molecule has 0 unspecified atom stereocenters. The average Bonchev–Trinajstić information content (AvgIpc) is 2.68. The van der Waals surface area contributed by atoms with Crippen LogP contribution in [0.4, 0.5) is 10.1 Å². The third-order valence-electron chi connectivity index (χ3n) is 3.53. The highest BCUT2D eigenvalue weighted by atomic mass is 32.2. The van der Waals surface area contributed by atoms with E-state index < -0.39 is 24.3 Å². The first-order valence-corrected chi connectivity index (χ1v) is 8.98. The van der Waals surface area contributed by atoms with Crippen LogP contribution in [0.2, 0.25) is 0 Å². The number of anilines is 1. The van der Waals surface area contributed by atoms with Gasteiger partial charge in [0.15, 0.2) is 6.61 Å². The van der Waals surface area contributed by atoms with Crippen molar-refractivity contribution in [2.45, 2.75) is 9.79 Å². The maximum absolute atomic E-state index is 13.1. The van der Waals surface area contributed by atoms with Crippen LogP contribution in [0.15, 0.2) is 88.7 Å². The van der Waals surface area contributed by atoms with Crippen LogP contribution in [0, 0.1) is 5.82 Å². The van der Waals surface area contributed by atoms with E-state index in [1.54, 1.807) is 6.07 Å². The zero-order valence-electron chi connectivity index (χ0n) is 14.2. The summed E-state index contributed by atoms with van der Waals surface area (Å²) in [5.74, 6) is -1.77. The van der Waals surface area contributed by atoms with Gasteiger partial charge in [-0.05, 0) is 42.5 Å². The van der Waals surface area contributed by atoms with Crippen LogP contribution < -0.4 is 5.32 Å². The van der Waals surface area contributed by atoms with Gasteiger partial charge in [-0.2, -0.15) is 0 Å². The van der Waals surface area contributed by atoms with Gasteiger partial charge in [0.1, 0.15) is 5.82 Å². The van der Waals surface area contributed by atoms with E-state index in [0.29, 0.717) is 5.69 Å². The van der Waals surface area contributed by atoms with Crippen molar-refractivity contribution in [1.82, 2.24) is 0 Å². The standard InChI is InChI=1S/C21H16FNO3S/c22-16-8-6-7-15(13-16)21(25)26-14-20(24)23-18-11-4-5-12-19(18)27-17-9-2-1-3-10-17/h1-13H,14H2,(H,23,24). The van der Waals surface area contributed by atoms with Gasteiger partial charge in [0.25, 0.3) is 5.91 Å². The highest BCUT2D eigenvalue weighted by Crippen LogP contribution is 2.33. The van der Waals surface area contributed by atoms with Crippen molar-refractivity contribution in [3.63, 3.8) is 0 Å². The van der Waals surface area contributed by atoms with Crippen molar-refractivity contribution in [2.24, 2.45) is 0 Å². The van der Waals surface area contributed by atoms with Gasteiger partial charge >= 0.3 is 5.97 Å². The number of carbonyl (C=O) groups excluding carboxylic acids is 2. The number of esters is 1. The topological polar surface area (TPSA) is 55.4 Å². The molecule has 0 fully saturated rings. The van der Waals surface area contributed by atoms with Crippen LogP contribution >= 0.6 is 11.8 Å². The number of rotatable bonds is 6. The normalized spacial score (nSPS) is 10.3. The predicted octanol–water partition coefficient (Wildman–Crippen LogP) is 4.77. The Morgan fingerprint density at radius 1 is 0.926 bits per heavy atom. The number of nitrogens with one attached hydrogen (secondary N) is 1. The molecule has 3 aromatic carbocycles. The monoisotopic (exact) mass is 381 g/mol. The number of para-hydroxylation sites is 1. The molecule has 1 amide bonds. The molecule has 6 heteroatoms. The lowest BCUT2D eigenvalue weighted by Crippen LogP contribution is -2.21. The van der Waals surface area contributed by atoms with Crippen molar-refractivity contribution in [3.8, 4) is 0 Å². The molecule has 0 aliphatic heterocycles. The summed E-state index contributed by atoms with van der Waals surface area (Å²) in [5.41, 5.74) is 0.681. The second-order valence-electron chi connectivity index (χ2n) is 5.55. The highest BCUT2D eigenvalue weighted by molar-refractivity contribution is 7.99. The predicted molar refractivity (Wildman–Crippen MR) is 102 cm³/mol. The van der Waals surface area contributed by atoms with Gasteiger partial charge in [-0.1, -0.05) is 48.2 Å². The van der Waals surface area contributed by atoms with E-state index in [0.717, 1.165) is 15.9 Å². The van der Waals surface area contributed by atoms with E-state index in [1.165, 1.54) is 30.0 Å². The van der Waals surface area contributed by atoms with Crippen molar-refractivity contribution >= 4 is 29.3 Å². The van der Waals surface area contributed by atoms with Crippen LogP contribution in [-0.4, -0.2) is 18.5 Å². The number of ether oxygens (including phenoxy) is 1. The molecule has 0 aliphatic carbocycles. The Kier molecular flexibility index (Phi) is 6.22. The summed E-state index contributed by atoms with van der Waals surface area (Å²) in [4.78, 5) is 25.9. The molecule has 0 aromatic heterocycles. The Balaban J connectivity index is 1.60. The Morgan fingerprint density at radius 2 is 1.67 bits per heavy atom. The van der Waals surface area contributed by atoms with Crippen molar-refractivity contribution in [3.05, 3.63) is 90.2 Å². The summed E-state index contributed by atoms with van der Waals surface area (Å²) in [6.07, 6.45) is 0. The maximum Gasteiger partial charge on any atom is 0.338 e. The van der Waals surface area contributed by atoms with E-state index in [9.17, 15) is 14.0 Å². The molecular weight excluding hydrogens is 365 g/mol. The third kappa shape index (κ3) is 5.43. The lowest BCUT2D eigenvalue weighted by molar-refractivity contribution is -0.119. The summed E-state index contributed by atoms with van der Waals surface area (Å²) in [7, 11) is 0. The number of hydrogen-bond donors (Lipinski definition) is 1. The summed E-state index contributed by atoms with van der Waals surface area (Å²) >= 11 is 1.51. The SMILES string of the molecule is O=C(COC(=O)c1cccc(F)c1)Nc1ccccc1Sc1ccccc1. The highest BCUT2D eigenvalue weighted by Gasteiger charge is 2.12. The maximum atomic E-state index is 13.1. The fraction of sp³-hybridized carbons (Fsp3) is 0.0476. The molecule has 4 nitrogen and oxygen atoms in total. The molecule has 0 heterocycles. The largest absolute Gasteiger partial charge is 0.452 e. The minimum atomic E-state index is -0.753. The molecule has 3 rings (SSSR count). The fourth-order valence-electron chi connectivity index (χ4n) is 2.29. The van der Waals surface area contributed by atoms with Crippen LogP contribution in [0.25, 0.3) is 0 Å². The Labute approximate surface area is 160 Å². The van der Waals surface area contributed by atoms with Gasteiger partial charge in [0.05, 0.1) is 11.3 Å². The average molecular weight is 381 g/mol. The number of amides is 1. The van der Waals surface area contributed by atoms with E-state index in [4.69, 9.17) is 4.74 Å². The lowest BCUT2D eigenvalue weighted by atomic mass is 10.2. The lowest BCUT2D eigenvalue weighted by Gasteiger charge is -2.11. The summed E-state index contributed by atoms with van der Waals surface area (Å²) in [6, 6.07) is 22.2. The molecule has 3 aromatic rings. The Bertz CT molecular complexity index is 947. The molecule has 0 aliphatic rings. The molecule has 1 N–H and O–H groups in total. The molecule has 0 saturated heterocycles. The second-order valence-corrected chi connectivity index (χ2v) is 6.66. The van der Waals surface area contributed by atoms with E-state index in [-0.39, 0.29) is 5.56 Å². The Morgan fingerprint density at radius 3 is 2.44 bits per heavy atom. The third-order valence-corrected chi connectivity index (χ3v) is 4.61. The molecule has 0 atom stereocenters. The van der Waals surface area contributed by atoms with Gasteiger partial charge in [-0.3, -0.25) is 4.79 Å². The zero-order valence-corrected chi connectivity index (χ0v) is 15.0. The summed E-state index contributed by atoms with van der Waals surface area (Å²) in [6.45, 7) is -0.459. The van der Waals surface area contributed by atoms with E-state index in [2.05, 4.69) is 5.32 Å². The first-order chi connectivity index (χ1) is 13.1. The van der Waals surface area contributed by atoms with Crippen molar-refractivity contribution < 1.29 is 18.7 Å². The first kappa shape index (κ1) is 18.7. The molecule has 0 radical (unpaired) electrons. The van der Waals surface area contributed by atoms with Crippen LogP contribution in [0.1, 0.15) is 10.4 Å². The van der Waals surface area contributed by atoms with E-state index in [1.807, 2.05) is 48.5 Å². The molecule has 27 heavy (non-hydrogen) atoms. The van der Waals surface area contributed by atoms with E-state index >= 15 is 0 Å². The van der Waals surface area contributed by atoms with Crippen molar-refractivity contribution in [2.75, 3.05) is 11.9 Å². The van der Waals surface area contributed by atoms with Crippen molar-refractivity contribution in [1.29, 1.82) is 0 Å². The van der Waals surface area contributed by atoms with Gasteiger partial charge in [0, 0.05) is 9.79 Å². The number of halogens is 1. The van der Waals surface area contributed by atoms with Crippen LogP contribution in [0.5, 0.6) is 0 Å². The first-order valence-electron chi connectivity index (χ1n) is 8.16. The molecule has 0 bridgehead atoms. The number of benzene rings is 3. The van der Waals surface area contributed by atoms with Gasteiger partial charge in [-0.25, -0.2) is 9.18 Å². The van der Waals surface area contributed by atoms with Crippen LogP contribution in [0.3, 0.4) is 0 Å². The van der Waals surface area contributed by atoms with Gasteiger partial charge < -0.3 is 10.1 Å². The van der Waals surface area contributed by atoms with Crippen LogP contribution in [-0.2, 0) is 9.53 Å². The fourth-order valence-corrected chi connectivity index (χ4v) is 3.21. The minimum Gasteiger partial charge on any atom is -0.452 e. The Hall–Kier alpha value is -3.12. The van der Waals surface area contributed by atoms with Gasteiger partial charge in [-0.15, -0.1) is 0 Å². The summed E-state index contributed by atoms with van der Waals surface area (Å²) in [5, 5.41) is 2.74. The minimum absolute atomic E-state index is 0.0582. The zero-order chi connectivity index (χ0) is 19.1. The quantitative estimate of drug-likeness (QED) is 0.625. The molecular formula is C21H16FNO3S. The molecule has 0 saturated carbocycles. The molecule has 0 spiro atoms.